The fourth-order valence-electron chi connectivity index (χ4n) is 3.43. The number of rotatable bonds is 8. The van der Waals surface area contributed by atoms with Crippen molar-refractivity contribution in [3.8, 4) is 5.75 Å². The average Bonchev–Trinajstić information content (AvgIpc) is 2.71. The molecule has 0 saturated carbocycles. The maximum absolute atomic E-state index is 6.03. The number of nitrogens with zero attached hydrogens (tertiary/aromatic N) is 4. The Hall–Kier alpha value is -2.63. The van der Waals surface area contributed by atoms with Crippen molar-refractivity contribution in [3.05, 3.63) is 47.2 Å². The van der Waals surface area contributed by atoms with Crippen molar-refractivity contribution in [2.75, 3.05) is 31.2 Å². The summed E-state index contributed by atoms with van der Waals surface area (Å²) in [5.74, 6) is 2.64. The highest BCUT2D eigenvalue weighted by Gasteiger charge is 2.20. The number of piperidine rings is 1. The molecule has 0 unspecified atom stereocenters. The van der Waals surface area contributed by atoms with Crippen LogP contribution >= 0.6 is 0 Å². The number of hydrogen-bond donors (Lipinski definition) is 0. The molecule has 150 valence electrons. The van der Waals surface area contributed by atoms with E-state index in [0.29, 0.717) is 12.5 Å². The van der Waals surface area contributed by atoms with E-state index in [9.17, 15) is 0 Å². The number of benzene rings is 1. The molecule has 1 aliphatic heterocycles. The zero-order chi connectivity index (χ0) is 19.8. The molecule has 2 aromatic rings. The fraction of sp³-hybridized carbons (Fsp3) is 0.500. The topological polar surface area (TPSA) is 59.8 Å². The van der Waals surface area contributed by atoms with Gasteiger partial charge in [0.15, 0.2) is 5.82 Å². The molecule has 0 atom stereocenters. The SMILES string of the molecule is CCO/N=C/c1ccc(OCCC2CCN(c3ccc(C)nn3)CC2)c(C)c1. The summed E-state index contributed by atoms with van der Waals surface area (Å²) in [5, 5.41) is 12.4. The lowest BCUT2D eigenvalue weighted by molar-refractivity contribution is 0.160. The molecular formula is C22H30N4O2. The van der Waals surface area contributed by atoms with E-state index in [1.165, 1.54) is 12.8 Å². The van der Waals surface area contributed by atoms with Crippen LogP contribution in [-0.2, 0) is 4.84 Å². The van der Waals surface area contributed by atoms with Crippen LogP contribution in [-0.4, -0.2) is 42.7 Å². The van der Waals surface area contributed by atoms with E-state index in [0.717, 1.165) is 54.5 Å². The first-order valence-corrected chi connectivity index (χ1v) is 10.1. The third-order valence-corrected chi connectivity index (χ3v) is 5.11. The Labute approximate surface area is 167 Å². The van der Waals surface area contributed by atoms with Crippen molar-refractivity contribution in [2.45, 2.75) is 40.0 Å². The standard InChI is InChI=1S/C22H30N4O2/c1-4-28-23-16-20-6-7-21(17(2)15-20)27-14-11-19-9-12-26(13-10-19)22-8-5-18(3)24-25-22/h5-8,15-16,19H,4,9-14H2,1-3H3/b23-16+. The Kier molecular flexibility index (Phi) is 7.23. The Morgan fingerprint density at radius 2 is 1.96 bits per heavy atom. The van der Waals surface area contributed by atoms with E-state index in [-0.39, 0.29) is 0 Å². The van der Waals surface area contributed by atoms with E-state index in [2.05, 4.69) is 39.3 Å². The predicted molar refractivity (Wildman–Crippen MR) is 112 cm³/mol. The van der Waals surface area contributed by atoms with Gasteiger partial charge in [0.2, 0.25) is 0 Å². The Morgan fingerprint density at radius 3 is 2.64 bits per heavy atom. The first-order valence-electron chi connectivity index (χ1n) is 10.1. The molecule has 0 spiro atoms. The molecule has 28 heavy (non-hydrogen) atoms. The van der Waals surface area contributed by atoms with Gasteiger partial charge in [-0.25, -0.2) is 0 Å². The van der Waals surface area contributed by atoms with Crippen LogP contribution in [0, 0.1) is 19.8 Å². The normalized spacial score (nSPS) is 15.2. The molecule has 6 nitrogen and oxygen atoms in total. The third-order valence-electron chi connectivity index (χ3n) is 5.11. The van der Waals surface area contributed by atoms with Crippen LogP contribution in [0.15, 0.2) is 35.5 Å². The highest BCUT2D eigenvalue weighted by molar-refractivity contribution is 5.79. The molecule has 2 heterocycles. The summed E-state index contributed by atoms with van der Waals surface area (Å²) in [6, 6.07) is 10.2. The maximum atomic E-state index is 6.03. The highest BCUT2D eigenvalue weighted by atomic mass is 16.6. The number of anilines is 1. The van der Waals surface area contributed by atoms with Crippen LogP contribution in [0.1, 0.15) is 43.0 Å². The van der Waals surface area contributed by atoms with Gasteiger partial charge in [-0.15, -0.1) is 5.10 Å². The first-order chi connectivity index (χ1) is 13.7. The van der Waals surface area contributed by atoms with E-state index >= 15 is 0 Å². The molecular weight excluding hydrogens is 352 g/mol. The monoisotopic (exact) mass is 382 g/mol. The van der Waals surface area contributed by atoms with Crippen LogP contribution in [0.3, 0.4) is 0 Å². The van der Waals surface area contributed by atoms with E-state index < -0.39 is 0 Å². The zero-order valence-corrected chi connectivity index (χ0v) is 17.1. The van der Waals surface area contributed by atoms with Gasteiger partial charge in [0.25, 0.3) is 0 Å². The van der Waals surface area contributed by atoms with Gasteiger partial charge >= 0.3 is 0 Å². The maximum Gasteiger partial charge on any atom is 0.151 e. The van der Waals surface area contributed by atoms with Gasteiger partial charge in [-0.1, -0.05) is 5.16 Å². The Morgan fingerprint density at radius 1 is 1.14 bits per heavy atom. The Bertz CT molecular complexity index is 769. The number of oxime groups is 1. The van der Waals surface area contributed by atoms with Gasteiger partial charge in [-0.2, -0.15) is 5.10 Å². The van der Waals surface area contributed by atoms with Crippen LogP contribution in [0.4, 0.5) is 5.82 Å². The number of aryl methyl sites for hydroxylation is 2. The molecule has 1 saturated heterocycles. The summed E-state index contributed by atoms with van der Waals surface area (Å²) in [7, 11) is 0. The summed E-state index contributed by atoms with van der Waals surface area (Å²) in [4.78, 5) is 7.34. The summed E-state index contributed by atoms with van der Waals surface area (Å²) >= 11 is 0. The molecule has 0 bridgehead atoms. The second kappa shape index (κ2) is 10.1. The van der Waals surface area contributed by atoms with Gasteiger partial charge in [0.05, 0.1) is 18.5 Å². The zero-order valence-electron chi connectivity index (χ0n) is 17.1. The quantitative estimate of drug-likeness (QED) is 0.507. The summed E-state index contributed by atoms with van der Waals surface area (Å²) in [6.45, 7) is 9.35. The Balaban J connectivity index is 1.41. The van der Waals surface area contributed by atoms with Crippen molar-refractivity contribution in [2.24, 2.45) is 11.1 Å². The van der Waals surface area contributed by atoms with Crippen molar-refractivity contribution in [1.82, 2.24) is 10.2 Å². The van der Waals surface area contributed by atoms with Gasteiger partial charge in [0.1, 0.15) is 12.4 Å². The van der Waals surface area contributed by atoms with Crippen LogP contribution in [0.5, 0.6) is 5.75 Å². The molecule has 3 rings (SSSR count). The highest BCUT2D eigenvalue weighted by Crippen LogP contribution is 2.25. The molecule has 1 aliphatic rings. The number of ether oxygens (including phenoxy) is 1. The lowest BCUT2D eigenvalue weighted by atomic mass is 9.94. The second-order valence-electron chi connectivity index (χ2n) is 7.28. The van der Waals surface area contributed by atoms with Crippen molar-refractivity contribution in [1.29, 1.82) is 0 Å². The molecule has 1 aromatic heterocycles. The smallest absolute Gasteiger partial charge is 0.151 e. The third kappa shape index (κ3) is 5.68. The van der Waals surface area contributed by atoms with E-state index in [1.54, 1.807) is 6.21 Å². The minimum Gasteiger partial charge on any atom is -0.493 e. The minimum absolute atomic E-state index is 0.577. The van der Waals surface area contributed by atoms with Crippen LogP contribution < -0.4 is 9.64 Å². The van der Waals surface area contributed by atoms with Gasteiger partial charge in [0, 0.05) is 13.1 Å². The van der Waals surface area contributed by atoms with E-state index in [1.807, 2.05) is 32.0 Å². The molecule has 0 amide bonds. The van der Waals surface area contributed by atoms with Crippen molar-refractivity contribution in [3.63, 3.8) is 0 Å². The number of hydrogen-bond acceptors (Lipinski definition) is 6. The fourth-order valence-corrected chi connectivity index (χ4v) is 3.43. The van der Waals surface area contributed by atoms with E-state index in [4.69, 9.17) is 9.57 Å². The van der Waals surface area contributed by atoms with Crippen molar-refractivity contribution >= 4 is 12.0 Å². The lowest BCUT2D eigenvalue weighted by Crippen LogP contribution is -2.34. The van der Waals surface area contributed by atoms with Gasteiger partial charge < -0.3 is 14.5 Å². The molecule has 0 radical (unpaired) electrons. The molecule has 0 aliphatic carbocycles. The molecule has 1 fully saturated rings. The minimum atomic E-state index is 0.577. The summed E-state index contributed by atoms with van der Waals surface area (Å²) < 4.78 is 6.03. The van der Waals surface area contributed by atoms with Gasteiger partial charge in [-0.05, 0) is 87.4 Å². The lowest BCUT2D eigenvalue weighted by Gasteiger charge is -2.32. The molecule has 6 heteroatoms. The van der Waals surface area contributed by atoms with Crippen LogP contribution in [0.2, 0.25) is 0 Å². The predicted octanol–water partition coefficient (Wildman–Crippen LogP) is 4.15. The number of aromatic nitrogens is 2. The van der Waals surface area contributed by atoms with Crippen molar-refractivity contribution < 1.29 is 9.57 Å². The second-order valence-corrected chi connectivity index (χ2v) is 7.28. The summed E-state index contributed by atoms with van der Waals surface area (Å²) in [6.07, 6.45) is 5.16. The average molecular weight is 383 g/mol. The molecule has 1 aromatic carbocycles. The van der Waals surface area contributed by atoms with Gasteiger partial charge in [-0.3, -0.25) is 0 Å². The first kappa shape index (κ1) is 20.1. The summed E-state index contributed by atoms with van der Waals surface area (Å²) in [5.41, 5.74) is 3.10. The molecule has 0 N–H and O–H groups in total. The largest absolute Gasteiger partial charge is 0.493 e. The van der Waals surface area contributed by atoms with Crippen LogP contribution in [0.25, 0.3) is 0 Å².